The standard InChI is InChI=1S/C11H16BrNS/c12-6-10(9-3-1-2-4-9)5-11-7-13-8-14-11/h7-10H,1-6H2. The monoisotopic (exact) mass is 273 g/mol. The summed E-state index contributed by atoms with van der Waals surface area (Å²) in [5, 5.41) is 1.15. The van der Waals surface area contributed by atoms with Crippen molar-refractivity contribution in [3.63, 3.8) is 0 Å². The number of halogens is 1. The lowest BCUT2D eigenvalue weighted by atomic mass is 9.89. The molecule has 0 bridgehead atoms. The van der Waals surface area contributed by atoms with Crippen molar-refractivity contribution in [1.82, 2.24) is 4.98 Å². The second kappa shape index (κ2) is 5.26. The molecule has 2 rings (SSSR count). The zero-order valence-corrected chi connectivity index (χ0v) is 10.7. The quantitative estimate of drug-likeness (QED) is 0.759. The Kier molecular flexibility index (Phi) is 3.99. The van der Waals surface area contributed by atoms with Crippen molar-refractivity contribution in [2.45, 2.75) is 32.1 Å². The number of nitrogens with zero attached hydrogens (tertiary/aromatic N) is 1. The molecular weight excluding hydrogens is 258 g/mol. The smallest absolute Gasteiger partial charge is 0.0794 e. The molecule has 0 radical (unpaired) electrons. The first kappa shape index (κ1) is 10.6. The molecule has 0 saturated heterocycles. The van der Waals surface area contributed by atoms with Crippen molar-refractivity contribution < 1.29 is 0 Å². The predicted octanol–water partition coefficient (Wildman–Crippen LogP) is 3.89. The average Bonchev–Trinajstić information content (AvgIpc) is 2.86. The van der Waals surface area contributed by atoms with Gasteiger partial charge in [0.05, 0.1) is 5.51 Å². The Hall–Kier alpha value is 0.110. The van der Waals surface area contributed by atoms with E-state index in [1.165, 1.54) is 37.0 Å². The van der Waals surface area contributed by atoms with E-state index in [9.17, 15) is 0 Å². The zero-order valence-electron chi connectivity index (χ0n) is 8.29. The van der Waals surface area contributed by atoms with Crippen molar-refractivity contribution in [1.29, 1.82) is 0 Å². The Balaban J connectivity index is 1.92. The van der Waals surface area contributed by atoms with E-state index in [0.717, 1.165) is 17.2 Å². The lowest BCUT2D eigenvalue weighted by Crippen LogP contribution is -2.15. The van der Waals surface area contributed by atoms with Gasteiger partial charge >= 0.3 is 0 Å². The zero-order chi connectivity index (χ0) is 9.80. The van der Waals surface area contributed by atoms with Crippen LogP contribution in [-0.2, 0) is 6.42 Å². The van der Waals surface area contributed by atoms with Gasteiger partial charge in [0.1, 0.15) is 0 Å². The van der Waals surface area contributed by atoms with Crippen molar-refractivity contribution in [2.75, 3.05) is 5.33 Å². The van der Waals surface area contributed by atoms with E-state index in [2.05, 4.69) is 20.9 Å². The van der Waals surface area contributed by atoms with Gasteiger partial charge in [0.2, 0.25) is 0 Å². The molecule has 1 aromatic rings. The van der Waals surface area contributed by atoms with Gasteiger partial charge in [0.25, 0.3) is 0 Å². The van der Waals surface area contributed by atoms with Crippen LogP contribution >= 0.6 is 27.3 Å². The SMILES string of the molecule is BrCC(Cc1cncs1)C1CCCC1. The highest BCUT2D eigenvalue weighted by Crippen LogP contribution is 2.34. The van der Waals surface area contributed by atoms with Gasteiger partial charge in [-0.05, 0) is 18.3 Å². The molecule has 1 heterocycles. The third kappa shape index (κ3) is 2.57. The summed E-state index contributed by atoms with van der Waals surface area (Å²) in [5.41, 5.74) is 1.94. The van der Waals surface area contributed by atoms with Gasteiger partial charge < -0.3 is 0 Å². The normalized spacial score (nSPS) is 20.1. The molecule has 0 spiro atoms. The van der Waals surface area contributed by atoms with E-state index < -0.39 is 0 Å². The minimum Gasteiger partial charge on any atom is -0.253 e. The number of alkyl halides is 1. The van der Waals surface area contributed by atoms with E-state index in [1.807, 2.05) is 11.7 Å². The molecule has 3 heteroatoms. The van der Waals surface area contributed by atoms with Crippen molar-refractivity contribution >= 4 is 27.3 Å². The average molecular weight is 274 g/mol. The molecule has 1 aliphatic rings. The molecular formula is C11H16BrNS. The highest BCUT2D eigenvalue weighted by molar-refractivity contribution is 9.09. The number of hydrogen-bond acceptors (Lipinski definition) is 2. The van der Waals surface area contributed by atoms with Crippen LogP contribution < -0.4 is 0 Å². The molecule has 78 valence electrons. The molecule has 1 unspecified atom stereocenters. The molecule has 0 aromatic carbocycles. The summed E-state index contributed by atoms with van der Waals surface area (Å²) in [4.78, 5) is 5.59. The van der Waals surface area contributed by atoms with Crippen LogP contribution in [-0.4, -0.2) is 10.3 Å². The molecule has 1 aliphatic carbocycles. The molecule has 1 fully saturated rings. The van der Waals surface area contributed by atoms with E-state index in [4.69, 9.17) is 0 Å². The summed E-state index contributed by atoms with van der Waals surface area (Å²) in [6.07, 6.45) is 9.01. The van der Waals surface area contributed by atoms with Crippen LogP contribution in [0.4, 0.5) is 0 Å². The summed E-state index contributed by atoms with van der Waals surface area (Å²) in [6.45, 7) is 0. The molecule has 1 atom stereocenters. The summed E-state index contributed by atoms with van der Waals surface area (Å²) >= 11 is 5.45. The van der Waals surface area contributed by atoms with E-state index >= 15 is 0 Å². The number of hydrogen-bond donors (Lipinski definition) is 0. The molecule has 0 amide bonds. The first-order valence-corrected chi connectivity index (χ1v) is 7.33. The number of rotatable bonds is 4. The van der Waals surface area contributed by atoms with Gasteiger partial charge in [-0.2, -0.15) is 0 Å². The van der Waals surface area contributed by atoms with Crippen molar-refractivity contribution in [3.8, 4) is 0 Å². The number of thiazole rings is 1. The molecule has 1 nitrogen and oxygen atoms in total. The van der Waals surface area contributed by atoms with Crippen LogP contribution in [0.15, 0.2) is 11.7 Å². The maximum Gasteiger partial charge on any atom is 0.0794 e. The van der Waals surface area contributed by atoms with Crippen LogP contribution in [0.25, 0.3) is 0 Å². The topological polar surface area (TPSA) is 12.9 Å². The van der Waals surface area contributed by atoms with Crippen LogP contribution in [0.2, 0.25) is 0 Å². The molecule has 0 aliphatic heterocycles. The highest BCUT2D eigenvalue weighted by atomic mass is 79.9. The van der Waals surface area contributed by atoms with Crippen molar-refractivity contribution in [3.05, 3.63) is 16.6 Å². The Labute approximate surface area is 98.1 Å². The van der Waals surface area contributed by atoms with Gasteiger partial charge in [-0.25, -0.2) is 0 Å². The minimum absolute atomic E-state index is 0.831. The van der Waals surface area contributed by atoms with E-state index in [0.29, 0.717) is 0 Å². The lowest BCUT2D eigenvalue weighted by molar-refractivity contribution is 0.375. The first-order chi connectivity index (χ1) is 6.90. The fraction of sp³-hybridized carbons (Fsp3) is 0.727. The summed E-state index contributed by atoms with van der Waals surface area (Å²) in [7, 11) is 0. The van der Waals surface area contributed by atoms with Crippen LogP contribution in [0, 0.1) is 11.8 Å². The Morgan fingerprint density at radius 1 is 1.50 bits per heavy atom. The van der Waals surface area contributed by atoms with Gasteiger partial charge in [0, 0.05) is 16.4 Å². The Bertz CT molecular complexity index is 254. The summed E-state index contributed by atoms with van der Waals surface area (Å²) in [6, 6.07) is 0. The second-order valence-corrected chi connectivity index (χ2v) is 5.75. The van der Waals surface area contributed by atoms with E-state index in [1.54, 1.807) is 11.3 Å². The maximum atomic E-state index is 4.14. The van der Waals surface area contributed by atoms with Crippen molar-refractivity contribution in [2.24, 2.45) is 11.8 Å². The van der Waals surface area contributed by atoms with Crippen LogP contribution in [0.3, 0.4) is 0 Å². The lowest BCUT2D eigenvalue weighted by Gasteiger charge is -2.20. The van der Waals surface area contributed by atoms with Gasteiger partial charge in [-0.15, -0.1) is 11.3 Å². The van der Waals surface area contributed by atoms with E-state index in [-0.39, 0.29) is 0 Å². The predicted molar refractivity (Wildman–Crippen MR) is 65.1 cm³/mol. The van der Waals surface area contributed by atoms with Crippen LogP contribution in [0.1, 0.15) is 30.6 Å². The summed E-state index contributed by atoms with van der Waals surface area (Å²) < 4.78 is 0. The fourth-order valence-corrected chi connectivity index (χ4v) is 3.82. The maximum absolute atomic E-state index is 4.14. The Morgan fingerprint density at radius 3 is 2.86 bits per heavy atom. The van der Waals surface area contributed by atoms with Gasteiger partial charge in [0.15, 0.2) is 0 Å². The molecule has 14 heavy (non-hydrogen) atoms. The summed E-state index contributed by atoms with van der Waals surface area (Å²) in [5.74, 6) is 1.79. The highest BCUT2D eigenvalue weighted by Gasteiger charge is 2.24. The minimum atomic E-state index is 0.831. The second-order valence-electron chi connectivity index (χ2n) is 4.13. The largest absolute Gasteiger partial charge is 0.253 e. The van der Waals surface area contributed by atoms with Gasteiger partial charge in [-0.3, -0.25) is 4.98 Å². The van der Waals surface area contributed by atoms with Crippen LogP contribution in [0.5, 0.6) is 0 Å². The first-order valence-electron chi connectivity index (χ1n) is 5.33. The molecule has 1 aromatic heterocycles. The Morgan fingerprint density at radius 2 is 2.29 bits per heavy atom. The molecule has 0 N–H and O–H groups in total. The number of aromatic nitrogens is 1. The third-order valence-corrected chi connectivity index (χ3v) is 4.85. The fourth-order valence-electron chi connectivity index (χ4n) is 2.38. The van der Waals surface area contributed by atoms with Gasteiger partial charge in [-0.1, -0.05) is 41.6 Å². The molecule has 1 saturated carbocycles. The third-order valence-electron chi connectivity index (χ3n) is 3.21.